The molecule has 0 unspecified atom stereocenters. The minimum absolute atomic E-state index is 1.19. The van der Waals surface area contributed by atoms with Crippen molar-refractivity contribution in [1.29, 1.82) is 0 Å². The fourth-order valence-corrected chi connectivity index (χ4v) is 13.4. The molecule has 1 nitrogen and oxygen atoms in total. The van der Waals surface area contributed by atoms with Gasteiger partial charge >= 0.3 is 0 Å². The fraction of sp³-hybridized carbons (Fsp3) is 0. The van der Waals surface area contributed by atoms with Crippen LogP contribution in [0.2, 0.25) is 0 Å². The minimum Gasteiger partial charge on any atom is -0.309 e. The van der Waals surface area contributed by atoms with E-state index in [-0.39, 0.29) is 0 Å². The van der Waals surface area contributed by atoms with E-state index in [4.69, 9.17) is 0 Å². The van der Waals surface area contributed by atoms with Crippen molar-refractivity contribution in [3.63, 3.8) is 0 Å². The van der Waals surface area contributed by atoms with Gasteiger partial charge in [0, 0.05) is 56.5 Å². The maximum Gasteiger partial charge on any atom is 0.0546 e. The van der Waals surface area contributed by atoms with E-state index in [1.807, 2.05) is 22.7 Å². The Bertz CT molecular complexity index is 4010. The number of hydrogen-bond acceptors (Lipinski definition) is 2. The van der Waals surface area contributed by atoms with Gasteiger partial charge in [-0.1, -0.05) is 194 Å². The molecule has 0 aliphatic rings. The molecular weight excluding hydrogens is 823 g/mol. The van der Waals surface area contributed by atoms with E-state index in [1.165, 1.54) is 134 Å². The van der Waals surface area contributed by atoms with E-state index in [0.29, 0.717) is 0 Å². The van der Waals surface area contributed by atoms with Crippen LogP contribution in [0.1, 0.15) is 0 Å². The third kappa shape index (κ3) is 5.56. The van der Waals surface area contributed by atoms with E-state index in [2.05, 4.69) is 229 Å². The molecule has 14 rings (SSSR count). The normalized spacial score (nSPS) is 12.0. The Hall–Kier alpha value is -7.82. The van der Waals surface area contributed by atoms with Crippen LogP contribution in [0.25, 0.3) is 134 Å². The third-order valence-electron chi connectivity index (χ3n) is 13.6. The molecule has 302 valence electrons. The Labute approximate surface area is 383 Å². The summed E-state index contributed by atoms with van der Waals surface area (Å²) >= 11 is 3.83. The van der Waals surface area contributed by atoms with Gasteiger partial charge < -0.3 is 4.57 Å². The van der Waals surface area contributed by atoms with Crippen LogP contribution in [-0.2, 0) is 0 Å². The maximum atomic E-state index is 2.52. The van der Waals surface area contributed by atoms with Crippen molar-refractivity contribution in [1.82, 2.24) is 4.57 Å². The first-order valence-corrected chi connectivity index (χ1v) is 23.9. The second kappa shape index (κ2) is 14.4. The molecule has 0 aliphatic carbocycles. The largest absolute Gasteiger partial charge is 0.309 e. The fourth-order valence-electron chi connectivity index (χ4n) is 10.6. The van der Waals surface area contributed by atoms with Gasteiger partial charge in [0.1, 0.15) is 0 Å². The van der Waals surface area contributed by atoms with Gasteiger partial charge in [-0.05, 0) is 91.0 Å². The van der Waals surface area contributed by atoms with Crippen molar-refractivity contribution in [2.45, 2.75) is 0 Å². The van der Waals surface area contributed by atoms with Gasteiger partial charge in [-0.2, -0.15) is 0 Å². The Balaban J connectivity index is 1.03. The predicted molar refractivity (Wildman–Crippen MR) is 283 cm³/mol. The van der Waals surface area contributed by atoms with Crippen LogP contribution in [-0.4, -0.2) is 4.57 Å². The molecule has 0 amide bonds. The molecule has 0 saturated carbocycles. The predicted octanol–water partition coefficient (Wildman–Crippen LogP) is 18.5. The first-order valence-electron chi connectivity index (χ1n) is 22.2. The van der Waals surface area contributed by atoms with Crippen molar-refractivity contribution in [2.75, 3.05) is 0 Å². The van der Waals surface area contributed by atoms with Crippen LogP contribution in [0.4, 0.5) is 0 Å². The molecule has 0 spiro atoms. The van der Waals surface area contributed by atoms with Crippen molar-refractivity contribution in [2.24, 2.45) is 0 Å². The summed E-state index contributed by atoms with van der Waals surface area (Å²) in [7, 11) is 0. The Morgan fingerprint density at radius 2 is 0.631 bits per heavy atom. The van der Waals surface area contributed by atoms with Gasteiger partial charge in [0.15, 0.2) is 0 Å². The first-order chi connectivity index (χ1) is 32.2. The van der Waals surface area contributed by atoms with Gasteiger partial charge in [-0.3, -0.25) is 0 Å². The highest BCUT2D eigenvalue weighted by Gasteiger charge is 2.21. The number of hydrogen-bond donors (Lipinski definition) is 0. The van der Waals surface area contributed by atoms with Gasteiger partial charge in [0.05, 0.1) is 16.7 Å². The number of fused-ring (bicyclic) bond motifs is 12. The van der Waals surface area contributed by atoms with Crippen LogP contribution >= 0.6 is 22.7 Å². The highest BCUT2D eigenvalue weighted by molar-refractivity contribution is 7.27. The van der Waals surface area contributed by atoms with Crippen molar-refractivity contribution in [3.05, 3.63) is 224 Å². The summed E-state index contributed by atoms with van der Waals surface area (Å²) in [5, 5.41) is 12.7. The van der Waals surface area contributed by atoms with Crippen LogP contribution in [0, 0.1) is 0 Å². The molecular formula is C62H37NS2. The SMILES string of the molecule is c1ccc(-c2cccc3c2sc2c(-c4ccc5c(c4)c4cc(-c6cccc7c6sc6c(-c8ccccc8)cccc67)ccc4n5-c4cc5ccccc5c5ccccc45)cccc23)cc1. The number of rotatable bonds is 5. The van der Waals surface area contributed by atoms with E-state index in [9.17, 15) is 0 Å². The minimum atomic E-state index is 1.19. The summed E-state index contributed by atoms with van der Waals surface area (Å²) in [4.78, 5) is 0. The highest BCUT2D eigenvalue weighted by atomic mass is 32.1. The van der Waals surface area contributed by atoms with Gasteiger partial charge in [0.2, 0.25) is 0 Å². The second-order valence-electron chi connectivity index (χ2n) is 17.1. The van der Waals surface area contributed by atoms with Crippen molar-refractivity contribution in [3.8, 4) is 50.2 Å². The topological polar surface area (TPSA) is 4.93 Å². The lowest BCUT2D eigenvalue weighted by molar-refractivity contribution is 1.20. The third-order valence-corrected chi connectivity index (χ3v) is 16.2. The summed E-state index contributed by atoms with van der Waals surface area (Å²) in [6.45, 7) is 0. The highest BCUT2D eigenvalue weighted by Crippen LogP contribution is 2.48. The number of thiophene rings is 2. The molecule has 0 N–H and O–H groups in total. The lowest BCUT2D eigenvalue weighted by Crippen LogP contribution is -1.96. The van der Waals surface area contributed by atoms with E-state index >= 15 is 0 Å². The summed E-state index contributed by atoms with van der Waals surface area (Å²) in [5.74, 6) is 0. The Kier molecular flexibility index (Phi) is 8.09. The zero-order valence-corrected chi connectivity index (χ0v) is 36.8. The van der Waals surface area contributed by atoms with Crippen LogP contribution in [0.15, 0.2) is 224 Å². The standard InChI is InChI=1S/C62H37NS2/c1-3-15-38(16-4-1)44-23-11-27-50-52-29-13-25-46(61(52)64-59(44)50)41-31-33-56-54(35-41)55-36-42(32-34-57(55)63(56)58-37-40-19-7-8-20-43(40)48-21-9-10-22-49(48)58)47-26-14-30-53-51-28-12-24-45(60(51)65-62(47)53)39-17-5-2-6-18-39/h1-37H. The molecule has 0 radical (unpaired) electrons. The molecule has 65 heavy (non-hydrogen) atoms. The van der Waals surface area contributed by atoms with Gasteiger partial charge in [-0.25, -0.2) is 0 Å². The summed E-state index contributed by atoms with van der Waals surface area (Å²) in [5.41, 5.74) is 13.6. The van der Waals surface area contributed by atoms with E-state index < -0.39 is 0 Å². The quantitative estimate of drug-likeness (QED) is 0.152. The summed E-state index contributed by atoms with van der Waals surface area (Å²) in [6, 6.07) is 83.3. The molecule has 0 bridgehead atoms. The summed E-state index contributed by atoms with van der Waals surface area (Å²) < 4.78 is 7.82. The van der Waals surface area contributed by atoms with Gasteiger partial charge in [0.25, 0.3) is 0 Å². The monoisotopic (exact) mass is 859 g/mol. The first kappa shape index (κ1) is 36.6. The Morgan fingerprint density at radius 1 is 0.246 bits per heavy atom. The zero-order chi connectivity index (χ0) is 42.6. The van der Waals surface area contributed by atoms with Crippen LogP contribution in [0.3, 0.4) is 0 Å². The second-order valence-corrected chi connectivity index (χ2v) is 19.2. The van der Waals surface area contributed by atoms with Gasteiger partial charge in [-0.15, -0.1) is 22.7 Å². The lowest BCUT2D eigenvalue weighted by atomic mass is 9.98. The lowest BCUT2D eigenvalue weighted by Gasteiger charge is -2.14. The van der Waals surface area contributed by atoms with Crippen molar-refractivity contribution >= 4 is 106 Å². The molecule has 11 aromatic carbocycles. The molecule has 3 heterocycles. The Morgan fingerprint density at radius 3 is 1.11 bits per heavy atom. The smallest absolute Gasteiger partial charge is 0.0546 e. The van der Waals surface area contributed by atoms with Crippen LogP contribution in [0.5, 0.6) is 0 Å². The molecule has 0 saturated heterocycles. The number of aromatic nitrogens is 1. The molecule has 3 heteroatoms. The number of nitrogens with zero attached hydrogens (tertiary/aromatic N) is 1. The number of benzene rings is 11. The van der Waals surface area contributed by atoms with Crippen molar-refractivity contribution < 1.29 is 0 Å². The molecule has 14 aromatic rings. The van der Waals surface area contributed by atoms with E-state index in [1.54, 1.807) is 0 Å². The molecule has 0 fully saturated rings. The zero-order valence-electron chi connectivity index (χ0n) is 35.1. The average Bonchev–Trinajstić information content (AvgIpc) is 4.06. The van der Waals surface area contributed by atoms with Crippen LogP contribution < -0.4 is 0 Å². The maximum absolute atomic E-state index is 2.52. The summed E-state index contributed by atoms with van der Waals surface area (Å²) in [6.07, 6.45) is 0. The molecule has 3 aromatic heterocycles. The van der Waals surface area contributed by atoms with E-state index in [0.717, 1.165) is 0 Å². The molecule has 0 atom stereocenters. The molecule has 0 aliphatic heterocycles. The average molecular weight is 860 g/mol.